The number of carboxylic acid groups (broad SMARTS) is 1. The number of nitrogens with one attached hydrogen (secondary N) is 1. The van der Waals surface area contributed by atoms with Crippen molar-refractivity contribution < 1.29 is 19.4 Å². The molecule has 0 spiro atoms. The Morgan fingerprint density at radius 2 is 2.11 bits per heavy atom. The van der Waals surface area contributed by atoms with Gasteiger partial charge in [-0.05, 0) is 25.1 Å². The molecule has 6 heteroatoms. The van der Waals surface area contributed by atoms with Crippen molar-refractivity contribution in [3.63, 3.8) is 0 Å². The van der Waals surface area contributed by atoms with Gasteiger partial charge in [0, 0.05) is 16.7 Å². The van der Waals surface area contributed by atoms with Crippen LogP contribution in [0.2, 0.25) is 5.02 Å². The van der Waals surface area contributed by atoms with E-state index in [9.17, 15) is 9.59 Å². The van der Waals surface area contributed by atoms with Crippen LogP contribution in [0.4, 0.5) is 5.69 Å². The molecule has 0 aliphatic carbocycles. The predicted octanol–water partition coefficient (Wildman–Crippen LogP) is 2.32. The summed E-state index contributed by atoms with van der Waals surface area (Å²) in [7, 11) is 1.46. The van der Waals surface area contributed by atoms with Gasteiger partial charge in [-0.3, -0.25) is 4.79 Å². The molecule has 0 unspecified atom stereocenters. The largest absolute Gasteiger partial charge is 0.495 e. The normalized spacial score (nSPS) is 10.9. The molecule has 1 aromatic rings. The van der Waals surface area contributed by atoms with E-state index in [1.54, 1.807) is 12.1 Å². The molecule has 0 aromatic heterocycles. The van der Waals surface area contributed by atoms with Crippen LogP contribution in [-0.2, 0) is 9.59 Å². The van der Waals surface area contributed by atoms with Crippen LogP contribution in [0.15, 0.2) is 29.8 Å². The molecule has 0 atom stereocenters. The van der Waals surface area contributed by atoms with E-state index in [1.807, 2.05) is 0 Å². The lowest BCUT2D eigenvalue weighted by molar-refractivity contribution is -0.131. The molecule has 1 aromatic carbocycles. The quantitative estimate of drug-likeness (QED) is 0.823. The molecule has 5 nitrogen and oxygen atoms in total. The first-order valence-electron chi connectivity index (χ1n) is 5.00. The lowest BCUT2D eigenvalue weighted by Crippen LogP contribution is -2.14. The summed E-state index contributed by atoms with van der Waals surface area (Å²) in [5, 5.41) is 11.5. The third kappa shape index (κ3) is 3.78. The molecular formula is C12H12ClNO4. The van der Waals surface area contributed by atoms with Gasteiger partial charge in [-0.2, -0.15) is 0 Å². The minimum atomic E-state index is -1.18. The number of carbonyl (C=O) groups excluding carboxylic acids is 1. The SMILES string of the molecule is COc1ccc(Cl)cc1NC(=O)/C(C)=C\C(=O)O. The maximum absolute atomic E-state index is 11.7. The summed E-state index contributed by atoms with van der Waals surface area (Å²) in [6.07, 6.45) is 0.826. The molecule has 0 saturated heterocycles. The van der Waals surface area contributed by atoms with Gasteiger partial charge in [0.1, 0.15) is 5.75 Å². The smallest absolute Gasteiger partial charge is 0.328 e. The lowest BCUT2D eigenvalue weighted by atomic mass is 10.2. The number of amides is 1. The number of anilines is 1. The second kappa shape index (κ2) is 6.07. The van der Waals surface area contributed by atoms with E-state index >= 15 is 0 Å². The zero-order valence-electron chi connectivity index (χ0n) is 9.86. The molecule has 1 amide bonds. The Hall–Kier alpha value is -2.01. The van der Waals surface area contributed by atoms with Gasteiger partial charge in [-0.1, -0.05) is 11.6 Å². The van der Waals surface area contributed by atoms with E-state index < -0.39 is 11.9 Å². The van der Waals surface area contributed by atoms with Crippen LogP contribution >= 0.6 is 11.6 Å². The van der Waals surface area contributed by atoms with Gasteiger partial charge < -0.3 is 15.2 Å². The fourth-order valence-corrected chi connectivity index (χ4v) is 1.42. The van der Waals surface area contributed by atoms with Crippen molar-refractivity contribution in [2.24, 2.45) is 0 Å². The number of carbonyl (C=O) groups is 2. The van der Waals surface area contributed by atoms with E-state index in [4.69, 9.17) is 21.4 Å². The molecule has 1 rings (SSSR count). The van der Waals surface area contributed by atoms with E-state index in [2.05, 4.69) is 5.32 Å². The monoisotopic (exact) mass is 269 g/mol. The number of hydrogen-bond donors (Lipinski definition) is 2. The maximum Gasteiger partial charge on any atom is 0.328 e. The lowest BCUT2D eigenvalue weighted by Gasteiger charge is -2.10. The fraction of sp³-hybridized carbons (Fsp3) is 0.167. The van der Waals surface area contributed by atoms with Crippen LogP contribution in [0.1, 0.15) is 6.92 Å². The number of hydrogen-bond acceptors (Lipinski definition) is 3. The van der Waals surface area contributed by atoms with E-state index in [1.165, 1.54) is 20.1 Å². The molecule has 0 heterocycles. The van der Waals surface area contributed by atoms with Crippen molar-refractivity contribution in [2.45, 2.75) is 6.92 Å². The van der Waals surface area contributed by atoms with Crippen molar-refractivity contribution in [3.8, 4) is 5.75 Å². The number of ether oxygens (including phenoxy) is 1. The Bertz CT molecular complexity index is 511. The number of carboxylic acids is 1. The van der Waals surface area contributed by atoms with Gasteiger partial charge in [0.05, 0.1) is 12.8 Å². The van der Waals surface area contributed by atoms with Crippen LogP contribution in [0.25, 0.3) is 0 Å². The van der Waals surface area contributed by atoms with Gasteiger partial charge in [0.15, 0.2) is 0 Å². The summed E-state index contributed by atoms with van der Waals surface area (Å²) in [5.41, 5.74) is 0.456. The average Bonchev–Trinajstić information content (AvgIpc) is 2.28. The third-order valence-corrected chi connectivity index (χ3v) is 2.34. The molecule has 0 bridgehead atoms. The first-order valence-corrected chi connectivity index (χ1v) is 5.38. The molecular weight excluding hydrogens is 258 g/mol. The molecule has 0 aliphatic heterocycles. The number of aliphatic carboxylic acids is 1. The third-order valence-electron chi connectivity index (χ3n) is 2.11. The van der Waals surface area contributed by atoms with Crippen LogP contribution in [0, 0.1) is 0 Å². The number of halogens is 1. The summed E-state index contributed by atoms with van der Waals surface area (Å²) in [4.78, 5) is 22.1. The first-order chi connectivity index (χ1) is 8.43. The predicted molar refractivity (Wildman–Crippen MR) is 68.0 cm³/mol. The summed E-state index contributed by atoms with van der Waals surface area (Å²) in [6.45, 7) is 1.40. The molecule has 0 aliphatic rings. The average molecular weight is 270 g/mol. The summed E-state index contributed by atoms with van der Waals surface area (Å²) < 4.78 is 5.05. The summed E-state index contributed by atoms with van der Waals surface area (Å²) in [6, 6.07) is 4.75. The van der Waals surface area contributed by atoms with Crippen molar-refractivity contribution in [2.75, 3.05) is 12.4 Å². The van der Waals surface area contributed by atoms with Gasteiger partial charge >= 0.3 is 5.97 Å². The van der Waals surface area contributed by atoms with Crippen molar-refractivity contribution in [1.29, 1.82) is 0 Å². The zero-order valence-corrected chi connectivity index (χ0v) is 10.6. The Labute approximate surface area is 109 Å². The Kier molecular flexibility index (Phi) is 4.74. The first kappa shape index (κ1) is 14.1. The Morgan fingerprint density at radius 1 is 1.44 bits per heavy atom. The highest BCUT2D eigenvalue weighted by atomic mass is 35.5. The molecule has 18 heavy (non-hydrogen) atoms. The van der Waals surface area contributed by atoms with Crippen LogP contribution < -0.4 is 10.1 Å². The number of benzene rings is 1. The molecule has 0 radical (unpaired) electrons. The van der Waals surface area contributed by atoms with Crippen molar-refractivity contribution in [3.05, 3.63) is 34.9 Å². The van der Waals surface area contributed by atoms with E-state index in [0.717, 1.165) is 6.08 Å². The second-order valence-electron chi connectivity index (χ2n) is 3.46. The molecule has 2 N–H and O–H groups in total. The highest BCUT2D eigenvalue weighted by Gasteiger charge is 2.10. The van der Waals surface area contributed by atoms with Gasteiger partial charge in [-0.25, -0.2) is 4.79 Å². The number of methoxy groups -OCH3 is 1. The van der Waals surface area contributed by atoms with Gasteiger partial charge in [0.25, 0.3) is 5.91 Å². The highest BCUT2D eigenvalue weighted by molar-refractivity contribution is 6.31. The van der Waals surface area contributed by atoms with Crippen molar-refractivity contribution >= 4 is 29.2 Å². The minimum Gasteiger partial charge on any atom is -0.495 e. The van der Waals surface area contributed by atoms with Crippen LogP contribution in [0.3, 0.4) is 0 Å². The zero-order chi connectivity index (χ0) is 13.7. The Balaban J connectivity index is 2.94. The second-order valence-corrected chi connectivity index (χ2v) is 3.90. The van der Waals surface area contributed by atoms with E-state index in [0.29, 0.717) is 16.5 Å². The minimum absolute atomic E-state index is 0.0736. The standard InChI is InChI=1S/C12H12ClNO4/c1-7(5-11(15)16)12(17)14-9-6-8(13)3-4-10(9)18-2/h3-6H,1-2H3,(H,14,17)(H,15,16)/b7-5-. The van der Waals surface area contributed by atoms with Crippen LogP contribution in [0.5, 0.6) is 5.75 Å². The molecule has 0 saturated carbocycles. The van der Waals surface area contributed by atoms with Gasteiger partial charge in [-0.15, -0.1) is 0 Å². The van der Waals surface area contributed by atoms with Gasteiger partial charge in [0.2, 0.25) is 0 Å². The maximum atomic E-state index is 11.7. The van der Waals surface area contributed by atoms with Crippen molar-refractivity contribution in [1.82, 2.24) is 0 Å². The summed E-state index contributed by atoms with van der Waals surface area (Å²) in [5.74, 6) is -1.27. The van der Waals surface area contributed by atoms with E-state index in [-0.39, 0.29) is 5.57 Å². The van der Waals surface area contributed by atoms with Crippen LogP contribution in [-0.4, -0.2) is 24.1 Å². The molecule has 96 valence electrons. The fourth-order valence-electron chi connectivity index (χ4n) is 1.25. The topological polar surface area (TPSA) is 75.6 Å². The highest BCUT2D eigenvalue weighted by Crippen LogP contribution is 2.27. The number of rotatable bonds is 4. The summed E-state index contributed by atoms with van der Waals surface area (Å²) >= 11 is 5.81. The Morgan fingerprint density at radius 3 is 2.67 bits per heavy atom. The molecule has 0 fully saturated rings.